The second-order valence-electron chi connectivity index (χ2n) is 6.66. The number of carbonyl (C=O) groups is 1. The average molecular weight is 362 g/mol. The van der Waals surface area contributed by atoms with Crippen LogP contribution in [-0.4, -0.2) is 67.7 Å². The predicted molar refractivity (Wildman–Crippen MR) is 100 cm³/mol. The third-order valence-electron chi connectivity index (χ3n) is 4.82. The maximum Gasteiger partial charge on any atom is 0.254 e. The van der Waals surface area contributed by atoms with Crippen molar-refractivity contribution in [2.24, 2.45) is 0 Å². The lowest BCUT2D eigenvalue weighted by atomic mass is 10.1. The SMILES string of the molecule is CCOc1cc(C(=O)N2CCN(C3CC3)CC2)cc(OCC)c1OCC. The minimum atomic E-state index is 0.0328. The summed E-state index contributed by atoms with van der Waals surface area (Å²) in [7, 11) is 0. The molecule has 1 aromatic carbocycles. The van der Waals surface area contributed by atoms with E-state index in [1.807, 2.05) is 25.7 Å². The van der Waals surface area contributed by atoms with E-state index < -0.39 is 0 Å². The molecule has 1 amide bonds. The highest BCUT2D eigenvalue weighted by Crippen LogP contribution is 2.39. The normalized spacial score (nSPS) is 17.9. The zero-order valence-electron chi connectivity index (χ0n) is 16.1. The van der Waals surface area contributed by atoms with Gasteiger partial charge in [0.15, 0.2) is 11.5 Å². The van der Waals surface area contributed by atoms with Crippen LogP contribution < -0.4 is 14.2 Å². The van der Waals surface area contributed by atoms with Gasteiger partial charge in [0.05, 0.1) is 19.8 Å². The summed E-state index contributed by atoms with van der Waals surface area (Å²) >= 11 is 0. The molecule has 1 aromatic rings. The Balaban J connectivity index is 1.79. The van der Waals surface area contributed by atoms with Crippen LogP contribution in [0.2, 0.25) is 0 Å². The molecule has 0 bridgehead atoms. The fourth-order valence-corrected chi connectivity index (χ4v) is 3.42. The molecule has 2 aliphatic rings. The Hall–Kier alpha value is -1.95. The van der Waals surface area contributed by atoms with Gasteiger partial charge in [-0.15, -0.1) is 0 Å². The molecule has 0 unspecified atom stereocenters. The largest absolute Gasteiger partial charge is 0.490 e. The third kappa shape index (κ3) is 4.23. The molecule has 1 saturated heterocycles. The summed E-state index contributed by atoms with van der Waals surface area (Å²) in [6.07, 6.45) is 2.62. The smallest absolute Gasteiger partial charge is 0.254 e. The van der Waals surface area contributed by atoms with Gasteiger partial charge in [-0.1, -0.05) is 0 Å². The van der Waals surface area contributed by atoms with Gasteiger partial charge in [0, 0.05) is 37.8 Å². The van der Waals surface area contributed by atoms with E-state index in [0.717, 1.165) is 32.2 Å². The van der Waals surface area contributed by atoms with Gasteiger partial charge in [0.2, 0.25) is 5.75 Å². The monoisotopic (exact) mass is 362 g/mol. The van der Waals surface area contributed by atoms with Gasteiger partial charge >= 0.3 is 0 Å². The number of nitrogens with zero attached hydrogens (tertiary/aromatic N) is 2. The first-order valence-corrected chi connectivity index (χ1v) is 9.77. The van der Waals surface area contributed by atoms with E-state index in [-0.39, 0.29) is 5.91 Å². The van der Waals surface area contributed by atoms with Gasteiger partial charge < -0.3 is 19.1 Å². The summed E-state index contributed by atoms with van der Waals surface area (Å²) in [4.78, 5) is 17.5. The van der Waals surface area contributed by atoms with Crippen LogP contribution >= 0.6 is 0 Å². The standard InChI is InChI=1S/C20H30N2O4/c1-4-24-17-13-15(14-18(25-5-2)19(17)26-6-3)20(23)22-11-9-21(10-12-22)16-7-8-16/h13-14,16H,4-12H2,1-3H3. The first-order chi connectivity index (χ1) is 12.7. The summed E-state index contributed by atoms with van der Waals surface area (Å²) in [5.41, 5.74) is 0.597. The molecule has 144 valence electrons. The summed E-state index contributed by atoms with van der Waals surface area (Å²) in [5.74, 6) is 1.75. The maximum atomic E-state index is 13.0. The van der Waals surface area contributed by atoms with Crippen molar-refractivity contribution >= 4 is 5.91 Å². The lowest BCUT2D eigenvalue weighted by Crippen LogP contribution is -2.49. The molecule has 3 rings (SSSR count). The molecule has 2 fully saturated rings. The minimum Gasteiger partial charge on any atom is -0.490 e. The number of benzene rings is 1. The number of carbonyl (C=O) groups excluding carboxylic acids is 1. The van der Waals surface area contributed by atoms with E-state index in [9.17, 15) is 4.79 Å². The molecular formula is C20H30N2O4. The van der Waals surface area contributed by atoms with E-state index in [1.54, 1.807) is 12.1 Å². The van der Waals surface area contributed by atoms with E-state index in [0.29, 0.717) is 42.6 Å². The predicted octanol–water partition coefficient (Wildman–Crippen LogP) is 2.80. The van der Waals surface area contributed by atoms with Crippen molar-refractivity contribution in [1.29, 1.82) is 0 Å². The molecule has 0 atom stereocenters. The first-order valence-electron chi connectivity index (χ1n) is 9.77. The molecule has 6 nitrogen and oxygen atoms in total. The zero-order valence-corrected chi connectivity index (χ0v) is 16.1. The second kappa shape index (κ2) is 8.62. The Labute approximate surface area is 156 Å². The van der Waals surface area contributed by atoms with Crippen molar-refractivity contribution in [3.05, 3.63) is 17.7 Å². The van der Waals surface area contributed by atoms with Gasteiger partial charge in [0.25, 0.3) is 5.91 Å². The van der Waals surface area contributed by atoms with Crippen LogP contribution in [0.5, 0.6) is 17.2 Å². The molecule has 26 heavy (non-hydrogen) atoms. The molecule has 0 N–H and O–H groups in total. The Morgan fingerprint density at radius 2 is 1.46 bits per heavy atom. The van der Waals surface area contributed by atoms with Crippen LogP contribution in [0.3, 0.4) is 0 Å². The number of ether oxygens (including phenoxy) is 3. The second-order valence-corrected chi connectivity index (χ2v) is 6.66. The van der Waals surface area contributed by atoms with Crippen molar-refractivity contribution < 1.29 is 19.0 Å². The number of hydrogen-bond acceptors (Lipinski definition) is 5. The quantitative estimate of drug-likeness (QED) is 0.712. The fraction of sp³-hybridized carbons (Fsp3) is 0.650. The average Bonchev–Trinajstić information content (AvgIpc) is 3.49. The van der Waals surface area contributed by atoms with Crippen LogP contribution in [-0.2, 0) is 0 Å². The van der Waals surface area contributed by atoms with Gasteiger partial charge in [0.1, 0.15) is 0 Å². The molecule has 1 aliphatic carbocycles. The van der Waals surface area contributed by atoms with E-state index in [2.05, 4.69) is 4.90 Å². The number of amides is 1. The van der Waals surface area contributed by atoms with Gasteiger partial charge in [-0.2, -0.15) is 0 Å². The molecular weight excluding hydrogens is 332 g/mol. The topological polar surface area (TPSA) is 51.2 Å². The van der Waals surface area contributed by atoms with Crippen LogP contribution in [0.15, 0.2) is 12.1 Å². The number of hydrogen-bond donors (Lipinski definition) is 0. The lowest BCUT2D eigenvalue weighted by molar-refractivity contribution is 0.0626. The fourth-order valence-electron chi connectivity index (χ4n) is 3.42. The Kier molecular flexibility index (Phi) is 6.25. The molecule has 1 aliphatic heterocycles. The molecule has 0 spiro atoms. The number of rotatable bonds is 8. The van der Waals surface area contributed by atoms with Gasteiger partial charge in [-0.25, -0.2) is 0 Å². The molecule has 0 aromatic heterocycles. The van der Waals surface area contributed by atoms with Gasteiger partial charge in [-0.3, -0.25) is 9.69 Å². The molecule has 0 radical (unpaired) electrons. The highest BCUT2D eigenvalue weighted by Gasteiger charge is 2.32. The van der Waals surface area contributed by atoms with Crippen LogP contribution in [0.25, 0.3) is 0 Å². The summed E-state index contributed by atoms with van der Waals surface area (Å²) < 4.78 is 17.2. The van der Waals surface area contributed by atoms with E-state index in [4.69, 9.17) is 14.2 Å². The molecule has 1 heterocycles. The maximum absolute atomic E-state index is 13.0. The summed E-state index contributed by atoms with van der Waals surface area (Å²) in [6, 6.07) is 4.33. The van der Waals surface area contributed by atoms with Crippen LogP contribution in [0.1, 0.15) is 44.0 Å². The Morgan fingerprint density at radius 3 is 1.92 bits per heavy atom. The summed E-state index contributed by atoms with van der Waals surface area (Å²) in [6.45, 7) is 10.7. The van der Waals surface area contributed by atoms with Crippen LogP contribution in [0, 0.1) is 0 Å². The lowest BCUT2D eigenvalue weighted by Gasteiger charge is -2.35. The van der Waals surface area contributed by atoms with E-state index in [1.165, 1.54) is 12.8 Å². The molecule has 1 saturated carbocycles. The highest BCUT2D eigenvalue weighted by atomic mass is 16.5. The minimum absolute atomic E-state index is 0.0328. The summed E-state index contributed by atoms with van der Waals surface area (Å²) in [5, 5.41) is 0. The Bertz CT molecular complexity index is 595. The van der Waals surface area contributed by atoms with Crippen molar-refractivity contribution in [1.82, 2.24) is 9.80 Å². The highest BCUT2D eigenvalue weighted by molar-refractivity contribution is 5.95. The van der Waals surface area contributed by atoms with Crippen molar-refractivity contribution in [2.45, 2.75) is 39.7 Å². The van der Waals surface area contributed by atoms with Crippen molar-refractivity contribution in [2.75, 3.05) is 46.0 Å². The van der Waals surface area contributed by atoms with Crippen LogP contribution in [0.4, 0.5) is 0 Å². The Morgan fingerprint density at radius 1 is 0.923 bits per heavy atom. The zero-order chi connectivity index (χ0) is 18.5. The molecule has 6 heteroatoms. The first kappa shape index (κ1) is 18.8. The van der Waals surface area contributed by atoms with E-state index >= 15 is 0 Å². The van der Waals surface area contributed by atoms with Crippen molar-refractivity contribution in [3.63, 3.8) is 0 Å². The third-order valence-corrected chi connectivity index (χ3v) is 4.82. The van der Waals surface area contributed by atoms with Crippen molar-refractivity contribution in [3.8, 4) is 17.2 Å². The number of piperazine rings is 1. The van der Waals surface area contributed by atoms with Gasteiger partial charge in [-0.05, 0) is 45.7 Å².